The van der Waals surface area contributed by atoms with Gasteiger partial charge in [-0.1, -0.05) is 86.6 Å². The monoisotopic (exact) mass is 702 g/mol. The first-order chi connectivity index (χ1) is 25.1. The molecule has 0 spiro atoms. The number of ketones is 1. The highest BCUT2D eigenvalue weighted by molar-refractivity contribution is 5.98. The molecule has 0 aromatic heterocycles. The van der Waals surface area contributed by atoms with E-state index in [-0.39, 0.29) is 42.3 Å². The topological polar surface area (TPSA) is 125 Å². The van der Waals surface area contributed by atoms with Crippen molar-refractivity contribution in [3.05, 3.63) is 102 Å². The molecule has 2 fully saturated rings. The first-order valence-corrected chi connectivity index (χ1v) is 18.1. The van der Waals surface area contributed by atoms with E-state index in [1.54, 1.807) is 9.80 Å². The van der Waals surface area contributed by atoms with E-state index in [1.807, 2.05) is 98.8 Å². The van der Waals surface area contributed by atoms with Crippen molar-refractivity contribution < 1.29 is 28.7 Å². The smallest absolute Gasteiger partial charge is 0.407 e. The van der Waals surface area contributed by atoms with Crippen LogP contribution in [0.3, 0.4) is 0 Å². The SMILES string of the molecule is COC(=O)N[C@H](C(=O)N1CCC[C@H]1C(=O)Cc1ccc2cc(-c3ccc(NC(=O)[C@@H]4CCCN4C(=O)Cc4ccccc4)cc3)ccc2c1)C(C)C. The summed E-state index contributed by atoms with van der Waals surface area (Å²) in [5.41, 5.74) is 4.50. The first-order valence-electron chi connectivity index (χ1n) is 18.1. The summed E-state index contributed by atoms with van der Waals surface area (Å²) in [6.07, 6.45) is 2.59. The molecule has 4 amide bonds. The van der Waals surface area contributed by atoms with E-state index in [1.165, 1.54) is 7.11 Å². The van der Waals surface area contributed by atoms with Gasteiger partial charge in [-0.2, -0.15) is 0 Å². The maximum absolute atomic E-state index is 13.5. The number of anilines is 1. The third-order valence-electron chi connectivity index (χ3n) is 10.1. The molecule has 52 heavy (non-hydrogen) atoms. The summed E-state index contributed by atoms with van der Waals surface area (Å²) in [5.74, 6) is -0.649. The fourth-order valence-corrected chi connectivity index (χ4v) is 7.33. The number of fused-ring (bicyclic) bond motifs is 1. The van der Waals surface area contributed by atoms with Crippen LogP contribution in [0, 0.1) is 5.92 Å². The zero-order valence-electron chi connectivity index (χ0n) is 30.0. The third kappa shape index (κ3) is 8.33. The summed E-state index contributed by atoms with van der Waals surface area (Å²) in [5, 5.41) is 7.66. The van der Waals surface area contributed by atoms with Gasteiger partial charge in [-0.15, -0.1) is 0 Å². The highest BCUT2D eigenvalue weighted by atomic mass is 16.5. The van der Waals surface area contributed by atoms with Crippen molar-refractivity contribution in [3.8, 4) is 11.1 Å². The van der Waals surface area contributed by atoms with E-state index in [9.17, 15) is 24.0 Å². The van der Waals surface area contributed by atoms with Gasteiger partial charge in [-0.3, -0.25) is 19.2 Å². The number of likely N-dealkylation sites (tertiary alicyclic amines) is 2. The van der Waals surface area contributed by atoms with Gasteiger partial charge in [0.1, 0.15) is 12.1 Å². The van der Waals surface area contributed by atoms with Crippen molar-refractivity contribution in [2.24, 2.45) is 5.92 Å². The van der Waals surface area contributed by atoms with E-state index in [4.69, 9.17) is 4.74 Å². The van der Waals surface area contributed by atoms with E-state index >= 15 is 0 Å². The van der Waals surface area contributed by atoms with Crippen LogP contribution in [0.15, 0.2) is 91.0 Å². The summed E-state index contributed by atoms with van der Waals surface area (Å²) in [7, 11) is 1.26. The molecule has 6 rings (SSSR count). The fraction of sp³-hybridized carbons (Fsp3) is 0.357. The van der Waals surface area contributed by atoms with Gasteiger partial charge in [0.2, 0.25) is 17.7 Å². The lowest BCUT2D eigenvalue weighted by atomic mass is 9.96. The Bertz CT molecular complexity index is 1940. The number of nitrogens with one attached hydrogen (secondary N) is 2. The second kappa shape index (κ2) is 16.2. The number of benzene rings is 4. The Labute approximate surface area is 304 Å². The molecule has 4 aromatic rings. The highest BCUT2D eigenvalue weighted by Gasteiger charge is 2.38. The van der Waals surface area contributed by atoms with Crippen molar-refractivity contribution >= 4 is 46.1 Å². The van der Waals surface area contributed by atoms with Crippen molar-refractivity contribution in [3.63, 3.8) is 0 Å². The molecule has 2 aliphatic rings. The maximum Gasteiger partial charge on any atom is 0.407 e. The molecule has 0 aliphatic carbocycles. The first kappa shape index (κ1) is 36.3. The minimum absolute atomic E-state index is 0.0194. The Balaban J connectivity index is 1.07. The van der Waals surface area contributed by atoms with Crippen LogP contribution in [0.4, 0.5) is 10.5 Å². The van der Waals surface area contributed by atoms with Crippen LogP contribution in [-0.2, 0) is 36.8 Å². The zero-order chi connectivity index (χ0) is 36.8. The van der Waals surface area contributed by atoms with Gasteiger partial charge >= 0.3 is 6.09 Å². The fourth-order valence-electron chi connectivity index (χ4n) is 7.33. The molecule has 10 heteroatoms. The third-order valence-corrected chi connectivity index (χ3v) is 10.1. The van der Waals surface area contributed by atoms with Gasteiger partial charge in [-0.05, 0) is 82.8 Å². The standard InChI is InChI=1S/C42H46N4O6/c1-27(2)39(44-42(51)52-3)41(50)46-22-7-11-35(46)37(47)24-29-13-14-33-26-32(16-15-31(33)23-29)30-17-19-34(20-18-30)43-40(49)36-12-8-21-45(36)38(48)25-28-9-5-4-6-10-28/h4-6,9-10,13-20,23,26-27,35-36,39H,7-8,11-12,21-22,24-25H2,1-3H3,(H,43,49)(H,44,51)/t35-,36-,39-/m0/s1. The van der Waals surface area contributed by atoms with Gasteiger partial charge in [0.25, 0.3) is 0 Å². The van der Waals surface area contributed by atoms with E-state index < -0.39 is 24.2 Å². The summed E-state index contributed by atoms with van der Waals surface area (Å²) in [6.45, 7) is 4.76. The van der Waals surface area contributed by atoms with Crippen molar-refractivity contribution in [2.45, 2.75) is 70.5 Å². The Morgan fingerprint density at radius 1 is 0.731 bits per heavy atom. The van der Waals surface area contributed by atoms with E-state index in [2.05, 4.69) is 16.7 Å². The number of Topliss-reactive ketones (excluding diaryl/α,β-unsaturated/α-hetero) is 1. The van der Waals surface area contributed by atoms with Gasteiger partial charge < -0.3 is 25.2 Å². The number of amides is 4. The molecule has 2 N–H and O–H groups in total. The van der Waals surface area contributed by atoms with Crippen LogP contribution in [0.2, 0.25) is 0 Å². The number of hydrogen-bond donors (Lipinski definition) is 2. The average molecular weight is 703 g/mol. The van der Waals surface area contributed by atoms with Gasteiger partial charge in [0.15, 0.2) is 5.78 Å². The van der Waals surface area contributed by atoms with Crippen molar-refractivity contribution in [2.75, 3.05) is 25.5 Å². The van der Waals surface area contributed by atoms with Crippen LogP contribution in [0.25, 0.3) is 21.9 Å². The minimum atomic E-state index is -0.768. The number of ether oxygens (including phenoxy) is 1. The van der Waals surface area contributed by atoms with Crippen molar-refractivity contribution in [1.29, 1.82) is 0 Å². The zero-order valence-corrected chi connectivity index (χ0v) is 30.0. The number of methoxy groups -OCH3 is 1. The van der Waals surface area contributed by atoms with E-state index in [0.717, 1.165) is 45.9 Å². The Morgan fingerprint density at radius 2 is 1.38 bits per heavy atom. The second-order valence-electron chi connectivity index (χ2n) is 14.1. The molecule has 0 radical (unpaired) electrons. The lowest BCUT2D eigenvalue weighted by Crippen LogP contribution is -2.53. The molecule has 3 atom stereocenters. The van der Waals surface area contributed by atoms with Crippen LogP contribution < -0.4 is 10.6 Å². The predicted octanol–water partition coefficient (Wildman–Crippen LogP) is 6.16. The number of rotatable bonds is 11. The predicted molar refractivity (Wildman–Crippen MR) is 201 cm³/mol. The van der Waals surface area contributed by atoms with Gasteiger partial charge in [0, 0.05) is 25.2 Å². The maximum atomic E-state index is 13.5. The van der Waals surface area contributed by atoms with Crippen LogP contribution in [0.5, 0.6) is 0 Å². The largest absolute Gasteiger partial charge is 0.453 e. The number of carbonyl (C=O) groups is 5. The average Bonchev–Trinajstić information content (AvgIpc) is 3.85. The molecule has 10 nitrogen and oxygen atoms in total. The molecule has 0 unspecified atom stereocenters. The number of nitrogens with zero attached hydrogens (tertiary/aromatic N) is 2. The number of carbonyl (C=O) groups excluding carboxylic acids is 5. The summed E-state index contributed by atoms with van der Waals surface area (Å²) < 4.78 is 4.71. The molecule has 2 saturated heterocycles. The van der Waals surface area contributed by atoms with Crippen LogP contribution in [-0.4, -0.2) is 77.7 Å². The molecular formula is C42H46N4O6. The molecular weight excluding hydrogens is 656 g/mol. The molecule has 0 bridgehead atoms. The number of alkyl carbamates (subject to hydrolysis) is 1. The van der Waals surface area contributed by atoms with Crippen LogP contribution >= 0.6 is 0 Å². The number of hydrogen-bond acceptors (Lipinski definition) is 6. The molecule has 2 aliphatic heterocycles. The highest BCUT2D eigenvalue weighted by Crippen LogP contribution is 2.28. The van der Waals surface area contributed by atoms with Gasteiger partial charge in [-0.25, -0.2) is 4.79 Å². The normalized spacial score (nSPS) is 17.6. The molecule has 0 saturated carbocycles. The van der Waals surface area contributed by atoms with E-state index in [0.29, 0.717) is 31.6 Å². The Morgan fingerprint density at radius 3 is 2.10 bits per heavy atom. The molecule has 2 heterocycles. The molecule has 270 valence electrons. The lowest BCUT2D eigenvalue weighted by Gasteiger charge is -2.30. The Kier molecular flexibility index (Phi) is 11.3. The minimum Gasteiger partial charge on any atom is -0.453 e. The quantitative estimate of drug-likeness (QED) is 0.193. The summed E-state index contributed by atoms with van der Waals surface area (Å²) >= 11 is 0. The Hall–Kier alpha value is -5.51. The second-order valence-corrected chi connectivity index (χ2v) is 14.1. The summed E-state index contributed by atoms with van der Waals surface area (Å²) in [4.78, 5) is 68.3. The van der Waals surface area contributed by atoms with Gasteiger partial charge in [0.05, 0.1) is 19.6 Å². The van der Waals surface area contributed by atoms with Crippen LogP contribution in [0.1, 0.15) is 50.7 Å². The molecule has 4 aromatic carbocycles. The lowest BCUT2D eigenvalue weighted by molar-refractivity contribution is -0.139. The summed E-state index contributed by atoms with van der Waals surface area (Å²) in [6, 6.07) is 27.7. The van der Waals surface area contributed by atoms with Crippen molar-refractivity contribution in [1.82, 2.24) is 15.1 Å².